The number of fused-ring (bicyclic) bond motifs is 1. The SMILES string of the molecule is Cc1cccc(CNc2cnnc3ccc(C4=CCN(C)CC4)cc23)c1F. The zero-order valence-corrected chi connectivity index (χ0v) is 15.7. The predicted molar refractivity (Wildman–Crippen MR) is 108 cm³/mol. The summed E-state index contributed by atoms with van der Waals surface area (Å²) in [6.07, 6.45) is 5.04. The molecule has 0 fully saturated rings. The van der Waals surface area contributed by atoms with Crippen molar-refractivity contribution in [3.63, 3.8) is 0 Å². The third kappa shape index (κ3) is 3.69. The maximum Gasteiger partial charge on any atom is 0.131 e. The molecule has 5 heteroatoms. The summed E-state index contributed by atoms with van der Waals surface area (Å²) in [6, 6.07) is 11.7. The summed E-state index contributed by atoms with van der Waals surface area (Å²) in [7, 11) is 2.13. The Hall–Kier alpha value is -2.79. The molecule has 0 amide bonds. The Bertz CT molecular complexity index is 1010. The van der Waals surface area contributed by atoms with E-state index in [1.807, 2.05) is 12.1 Å². The molecule has 0 unspecified atom stereocenters. The Morgan fingerprint density at radius 1 is 1.22 bits per heavy atom. The van der Waals surface area contributed by atoms with Gasteiger partial charge in [-0.05, 0) is 49.2 Å². The van der Waals surface area contributed by atoms with Crippen molar-refractivity contribution in [1.29, 1.82) is 0 Å². The number of hydrogen-bond acceptors (Lipinski definition) is 4. The van der Waals surface area contributed by atoms with Gasteiger partial charge in [0.1, 0.15) is 5.82 Å². The third-order valence-electron chi connectivity index (χ3n) is 5.16. The van der Waals surface area contributed by atoms with E-state index in [9.17, 15) is 4.39 Å². The topological polar surface area (TPSA) is 41.1 Å². The monoisotopic (exact) mass is 362 g/mol. The molecule has 4 nitrogen and oxygen atoms in total. The molecular weight excluding hydrogens is 339 g/mol. The number of hydrogen-bond donors (Lipinski definition) is 1. The van der Waals surface area contributed by atoms with Gasteiger partial charge < -0.3 is 10.2 Å². The highest BCUT2D eigenvalue weighted by atomic mass is 19.1. The highest BCUT2D eigenvalue weighted by Crippen LogP contribution is 2.28. The molecule has 1 aromatic heterocycles. The van der Waals surface area contributed by atoms with E-state index in [1.54, 1.807) is 25.3 Å². The van der Waals surface area contributed by atoms with Crippen LogP contribution in [0, 0.1) is 12.7 Å². The molecule has 1 aliphatic heterocycles. The molecule has 0 aliphatic carbocycles. The number of rotatable bonds is 4. The first-order valence-corrected chi connectivity index (χ1v) is 9.23. The van der Waals surface area contributed by atoms with Crippen LogP contribution in [0.2, 0.25) is 0 Å². The number of halogens is 1. The smallest absolute Gasteiger partial charge is 0.131 e. The minimum Gasteiger partial charge on any atom is -0.379 e. The van der Waals surface area contributed by atoms with Crippen molar-refractivity contribution < 1.29 is 4.39 Å². The zero-order valence-electron chi connectivity index (χ0n) is 15.7. The molecule has 27 heavy (non-hydrogen) atoms. The quantitative estimate of drug-likeness (QED) is 0.746. The van der Waals surface area contributed by atoms with Gasteiger partial charge in [0.15, 0.2) is 0 Å². The van der Waals surface area contributed by atoms with Crippen molar-refractivity contribution in [2.45, 2.75) is 19.9 Å². The van der Waals surface area contributed by atoms with Crippen molar-refractivity contribution in [3.05, 3.63) is 71.2 Å². The number of nitrogens with one attached hydrogen (secondary N) is 1. The maximum absolute atomic E-state index is 14.3. The highest BCUT2D eigenvalue weighted by molar-refractivity contribution is 5.92. The van der Waals surface area contributed by atoms with Gasteiger partial charge in [-0.2, -0.15) is 10.2 Å². The van der Waals surface area contributed by atoms with Crippen LogP contribution in [0.5, 0.6) is 0 Å². The molecule has 2 aromatic carbocycles. The molecule has 2 heterocycles. The molecule has 0 spiro atoms. The van der Waals surface area contributed by atoms with E-state index in [0.29, 0.717) is 17.7 Å². The lowest BCUT2D eigenvalue weighted by Crippen LogP contribution is -2.23. The average Bonchev–Trinajstić information content (AvgIpc) is 2.69. The highest BCUT2D eigenvalue weighted by Gasteiger charge is 2.12. The van der Waals surface area contributed by atoms with E-state index in [1.165, 1.54) is 11.1 Å². The molecule has 0 saturated carbocycles. The van der Waals surface area contributed by atoms with E-state index >= 15 is 0 Å². The number of benzene rings is 2. The van der Waals surface area contributed by atoms with Crippen molar-refractivity contribution >= 4 is 22.2 Å². The summed E-state index contributed by atoms with van der Waals surface area (Å²) in [5.74, 6) is -0.159. The predicted octanol–water partition coefficient (Wildman–Crippen LogP) is 4.41. The van der Waals surface area contributed by atoms with Gasteiger partial charge in [0, 0.05) is 30.6 Å². The molecule has 138 valence electrons. The van der Waals surface area contributed by atoms with Crippen LogP contribution < -0.4 is 5.32 Å². The fourth-order valence-corrected chi connectivity index (χ4v) is 3.47. The zero-order chi connectivity index (χ0) is 18.8. The van der Waals surface area contributed by atoms with Gasteiger partial charge in [-0.25, -0.2) is 4.39 Å². The average molecular weight is 362 g/mol. The van der Waals surface area contributed by atoms with Crippen LogP contribution in [0.1, 0.15) is 23.1 Å². The lowest BCUT2D eigenvalue weighted by atomic mass is 9.98. The summed E-state index contributed by atoms with van der Waals surface area (Å²) in [6.45, 7) is 4.23. The van der Waals surface area contributed by atoms with Crippen molar-refractivity contribution in [3.8, 4) is 0 Å². The van der Waals surface area contributed by atoms with Crippen LogP contribution in [0.25, 0.3) is 16.5 Å². The number of likely N-dealkylation sites (N-methyl/N-ethyl adjacent to an activating group) is 1. The van der Waals surface area contributed by atoms with Crippen LogP contribution in [0.3, 0.4) is 0 Å². The number of nitrogens with zero attached hydrogens (tertiary/aromatic N) is 3. The van der Waals surface area contributed by atoms with E-state index in [-0.39, 0.29) is 5.82 Å². The van der Waals surface area contributed by atoms with Gasteiger partial charge in [-0.3, -0.25) is 0 Å². The van der Waals surface area contributed by atoms with Gasteiger partial charge in [-0.1, -0.05) is 30.3 Å². The Labute approximate surface area is 158 Å². The van der Waals surface area contributed by atoms with Crippen LogP contribution in [-0.2, 0) is 6.54 Å². The Morgan fingerprint density at radius 2 is 2.11 bits per heavy atom. The van der Waals surface area contributed by atoms with Crippen LogP contribution in [-0.4, -0.2) is 35.2 Å². The normalized spacial score (nSPS) is 15.0. The van der Waals surface area contributed by atoms with E-state index in [0.717, 1.165) is 36.1 Å². The fraction of sp³-hybridized carbons (Fsp3) is 0.273. The molecule has 0 radical (unpaired) electrons. The van der Waals surface area contributed by atoms with Crippen molar-refractivity contribution in [1.82, 2.24) is 15.1 Å². The first kappa shape index (κ1) is 17.6. The Morgan fingerprint density at radius 3 is 2.93 bits per heavy atom. The van der Waals surface area contributed by atoms with Gasteiger partial charge >= 0.3 is 0 Å². The second-order valence-corrected chi connectivity index (χ2v) is 7.13. The standard InChI is InChI=1S/C22H23FN4/c1-15-4-3-5-18(22(15)23)13-24-21-14-25-26-20-7-6-17(12-19(20)21)16-8-10-27(2)11-9-16/h3-8,12,14H,9-11,13H2,1-2H3,(H,24,26). The van der Waals surface area contributed by atoms with E-state index < -0.39 is 0 Å². The molecule has 1 aliphatic rings. The van der Waals surface area contributed by atoms with Crippen LogP contribution >= 0.6 is 0 Å². The summed E-state index contributed by atoms with van der Waals surface area (Å²) >= 11 is 0. The number of aromatic nitrogens is 2. The largest absolute Gasteiger partial charge is 0.379 e. The van der Waals surface area contributed by atoms with Gasteiger partial charge in [-0.15, -0.1) is 0 Å². The van der Waals surface area contributed by atoms with Crippen molar-refractivity contribution in [2.24, 2.45) is 0 Å². The lowest BCUT2D eigenvalue weighted by Gasteiger charge is -2.22. The van der Waals surface area contributed by atoms with Gasteiger partial charge in [0.05, 0.1) is 17.4 Å². The molecule has 1 N–H and O–H groups in total. The summed E-state index contributed by atoms with van der Waals surface area (Å²) in [5.41, 5.74) is 5.59. The van der Waals surface area contributed by atoms with E-state index in [4.69, 9.17) is 0 Å². The summed E-state index contributed by atoms with van der Waals surface area (Å²) in [5, 5.41) is 12.7. The van der Waals surface area contributed by atoms with E-state index in [2.05, 4.69) is 45.7 Å². The fourth-order valence-electron chi connectivity index (χ4n) is 3.47. The summed E-state index contributed by atoms with van der Waals surface area (Å²) < 4.78 is 14.3. The molecule has 4 rings (SSSR count). The second kappa shape index (κ2) is 7.45. The van der Waals surface area contributed by atoms with Gasteiger partial charge in [0.25, 0.3) is 0 Å². The Balaban J connectivity index is 1.64. The minimum atomic E-state index is -0.159. The molecule has 0 atom stereocenters. The molecular formula is C22H23FN4. The Kier molecular flexibility index (Phi) is 4.86. The van der Waals surface area contributed by atoms with Gasteiger partial charge in [0.2, 0.25) is 0 Å². The molecule has 3 aromatic rings. The number of aryl methyl sites for hydroxylation is 1. The molecule has 0 bridgehead atoms. The molecule has 0 saturated heterocycles. The summed E-state index contributed by atoms with van der Waals surface area (Å²) in [4.78, 5) is 2.30. The minimum absolute atomic E-state index is 0.159. The first-order valence-electron chi connectivity index (χ1n) is 9.23. The first-order chi connectivity index (χ1) is 13.1. The lowest BCUT2D eigenvalue weighted by molar-refractivity contribution is 0.370. The van der Waals surface area contributed by atoms with Crippen LogP contribution in [0.4, 0.5) is 10.1 Å². The third-order valence-corrected chi connectivity index (χ3v) is 5.16. The van der Waals surface area contributed by atoms with Crippen molar-refractivity contribution in [2.75, 3.05) is 25.5 Å². The van der Waals surface area contributed by atoms with Crippen LogP contribution in [0.15, 0.2) is 48.7 Å². The number of anilines is 1. The second-order valence-electron chi connectivity index (χ2n) is 7.13. The maximum atomic E-state index is 14.3.